The van der Waals surface area contributed by atoms with Crippen LogP contribution in [0, 0.1) is 11.9 Å². The highest BCUT2D eigenvalue weighted by molar-refractivity contribution is 5.96. The molecule has 1 aromatic carbocycles. The van der Waals surface area contributed by atoms with Gasteiger partial charge in [-0.2, -0.15) is 13.8 Å². The van der Waals surface area contributed by atoms with Crippen molar-refractivity contribution in [1.82, 2.24) is 10.3 Å². The van der Waals surface area contributed by atoms with Crippen LogP contribution in [0.25, 0.3) is 11.1 Å². The van der Waals surface area contributed by atoms with Crippen molar-refractivity contribution in [1.29, 1.82) is 0 Å². The summed E-state index contributed by atoms with van der Waals surface area (Å²) in [5.74, 6) is -1.42. The topological polar surface area (TPSA) is 72.8 Å². The van der Waals surface area contributed by atoms with E-state index in [1.54, 1.807) is 39.0 Å². The Bertz CT molecular complexity index is 956. The molecular weight excluding hydrogens is 380 g/mol. The van der Waals surface area contributed by atoms with Gasteiger partial charge in [-0.3, -0.25) is 10.3 Å². The molecule has 2 heterocycles. The number of carbonyl (C=O) groups is 1. The molecule has 0 fully saturated rings. The smallest absolute Gasteiger partial charge is 0.413 e. The lowest BCUT2D eigenvalue weighted by molar-refractivity contribution is 0.0543. The maximum Gasteiger partial charge on any atom is 0.413 e. The molecule has 1 unspecified atom stereocenters. The predicted octanol–water partition coefficient (Wildman–Crippen LogP) is 4.20. The molecule has 3 rings (SSSR count). The van der Waals surface area contributed by atoms with Crippen LogP contribution in [0.5, 0.6) is 0 Å². The van der Waals surface area contributed by atoms with E-state index in [0.717, 1.165) is 11.6 Å². The Morgan fingerprint density at radius 3 is 2.69 bits per heavy atom. The van der Waals surface area contributed by atoms with E-state index in [0.29, 0.717) is 11.4 Å². The van der Waals surface area contributed by atoms with Crippen LogP contribution in [0.1, 0.15) is 33.3 Å². The largest absolute Gasteiger partial charge is 0.444 e. The minimum absolute atomic E-state index is 0.144. The molecule has 0 aliphatic carbocycles. The Hall–Kier alpha value is -2.87. The van der Waals surface area contributed by atoms with Crippen LogP contribution in [0.3, 0.4) is 0 Å². The summed E-state index contributed by atoms with van der Waals surface area (Å²) in [5, 5.41) is 2.61. The molecule has 2 aromatic rings. The first-order valence-corrected chi connectivity index (χ1v) is 9.15. The van der Waals surface area contributed by atoms with Gasteiger partial charge in [0.1, 0.15) is 23.6 Å². The second kappa shape index (κ2) is 7.87. The number of nitrogens with zero attached hydrogens (tertiary/aromatic N) is 2. The molecule has 1 atom stereocenters. The van der Waals surface area contributed by atoms with Crippen molar-refractivity contribution in [3.63, 3.8) is 0 Å². The standard InChI is InChI=1S/C21H23F2N3O3/c1-20(2,3)29-19(27)25-17-11-28-12-21(4,26-17)14-7-5-6-13(10-14)15-8-9-16(22)24-18(15)23/h5-10H,11-12H2,1-4H3,(H,25,26,27). The molecular formula is C21H23F2N3O3. The molecule has 0 bridgehead atoms. The minimum Gasteiger partial charge on any atom is -0.444 e. The molecule has 6 nitrogen and oxygen atoms in total. The number of ether oxygens (including phenoxy) is 2. The van der Waals surface area contributed by atoms with E-state index >= 15 is 0 Å². The van der Waals surface area contributed by atoms with Gasteiger partial charge in [0.05, 0.1) is 6.61 Å². The van der Waals surface area contributed by atoms with Crippen molar-refractivity contribution in [2.24, 2.45) is 4.99 Å². The Morgan fingerprint density at radius 1 is 1.24 bits per heavy atom. The maximum absolute atomic E-state index is 14.1. The van der Waals surface area contributed by atoms with Crippen LogP contribution >= 0.6 is 0 Å². The number of aliphatic imine (C=N–C) groups is 1. The zero-order chi connectivity index (χ0) is 21.2. The van der Waals surface area contributed by atoms with E-state index in [4.69, 9.17) is 9.47 Å². The fraction of sp³-hybridized carbons (Fsp3) is 0.381. The predicted molar refractivity (Wildman–Crippen MR) is 105 cm³/mol. The van der Waals surface area contributed by atoms with E-state index in [9.17, 15) is 13.6 Å². The fourth-order valence-corrected chi connectivity index (χ4v) is 2.99. The first kappa shape index (κ1) is 20.9. The summed E-state index contributed by atoms with van der Waals surface area (Å²) in [4.78, 5) is 19.9. The number of nitrogens with one attached hydrogen (secondary N) is 1. The third-order valence-electron chi connectivity index (χ3n) is 4.26. The van der Waals surface area contributed by atoms with E-state index in [1.807, 2.05) is 13.0 Å². The number of halogens is 2. The number of alkyl carbamates (subject to hydrolysis) is 1. The number of amidine groups is 1. The average Bonchev–Trinajstić information content (AvgIpc) is 2.60. The van der Waals surface area contributed by atoms with E-state index in [2.05, 4.69) is 15.3 Å². The van der Waals surface area contributed by atoms with Crippen molar-refractivity contribution >= 4 is 11.9 Å². The van der Waals surface area contributed by atoms with Crippen LogP contribution in [-0.2, 0) is 15.0 Å². The third-order valence-corrected chi connectivity index (χ3v) is 4.26. The molecule has 1 N–H and O–H groups in total. The number of hydrogen-bond donors (Lipinski definition) is 1. The zero-order valence-corrected chi connectivity index (χ0v) is 16.8. The van der Waals surface area contributed by atoms with Crippen molar-refractivity contribution in [3.05, 3.63) is 53.9 Å². The highest BCUT2D eigenvalue weighted by Gasteiger charge is 2.32. The first-order valence-electron chi connectivity index (χ1n) is 9.15. The van der Waals surface area contributed by atoms with Gasteiger partial charge >= 0.3 is 6.09 Å². The van der Waals surface area contributed by atoms with Crippen LogP contribution in [0.15, 0.2) is 41.4 Å². The van der Waals surface area contributed by atoms with Gasteiger partial charge in [-0.15, -0.1) is 0 Å². The van der Waals surface area contributed by atoms with Gasteiger partial charge in [-0.05, 0) is 57.0 Å². The molecule has 1 aromatic heterocycles. The van der Waals surface area contributed by atoms with Gasteiger partial charge in [0.15, 0.2) is 0 Å². The highest BCUT2D eigenvalue weighted by atomic mass is 19.1. The second-order valence-electron chi connectivity index (χ2n) is 8.01. The third kappa shape index (κ3) is 5.14. The number of benzene rings is 1. The number of pyridine rings is 1. The Kier molecular flexibility index (Phi) is 5.66. The van der Waals surface area contributed by atoms with Crippen molar-refractivity contribution in [3.8, 4) is 11.1 Å². The number of carbonyl (C=O) groups excluding carboxylic acids is 1. The summed E-state index contributed by atoms with van der Waals surface area (Å²) >= 11 is 0. The molecule has 0 saturated heterocycles. The number of aromatic nitrogens is 1. The summed E-state index contributed by atoms with van der Waals surface area (Å²) in [5.41, 5.74) is 0.0378. The summed E-state index contributed by atoms with van der Waals surface area (Å²) in [6.07, 6.45) is -0.614. The highest BCUT2D eigenvalue weighted by Crippen LogP contribution is 2.32. The van der Waals surface area contributed by atoms with E-state index < -0.39 is 29.1 Å². The van der Waals surface area contributed by atoms with E-state index in [-0.39, 0.29) is 18.8 Å². The summed E-state index contributed by atoms with van der Waals surface area (Å²) in [6.45, 7) is 7.58. The Balaban J connectivity index is 1.88. The minimum atomic E-state index is -0.886. The molecule has 154 valence electrons. The molecule has 0 radical (unpaired) electrons. The van der Waals surface area contributed by atoms with Gasteiger partial charge in [-0.1, -0.05) is 18.2 Å². The van der Waals surface area contributed by atoms with Crippen molar-refractivity contribution in [2.75, 3.05) is 13.2 Å². The van der Waals surface area contributed by atoms with Gasteiger partial charge in [0.2, 0.25) is 11.9 Å². The van der Waals surface area contributed by atoms with Crippen LogP contribution in [0.2, 0.25) is 0 Å². The summed E-state index contributed by atoms with van der Waals surface area (Å²) in [6, 6.07) is 9.50. The average molecular weight is 403 g/mol. The van der Waals surface area contributed by atoms with Crippen molar-refractivity contribution < 1.29 is 23.0 Å². The normalized spacial score (nSPS) is 19.4. The zero-order valence-electron chi connectivity index (χ0n) is 16.8. The van der Waals surface area contributed by atoms with Crippen LogP contribution in [-0.4, -0.2) is 35.7 Å². The monoisotopic (exact) mass is 403 g/mol. The Morgan fingerprint density at radius 2 is 2.00 bits per heavy atom. The molecule has 0 saturated carbocycles. The van der Waals surface area contributed by atoms with E-state index in [1.165, 1.54) is 6.07 Å². The SMILES string of the molecule is CC(C)(C)OC(=O)NC1=NC(C)(c2cccc(-c3ccc(F)nc3F)c2)COC1. The lowest BCUT2D eigenvalue weighted by Gasteiger charge is -2.31. The number of rotatable bonds is 2. The molecule has 1 aliphatic rings. The molecule has 1 aliphatic heterocycles. The van der Waals surface area contributed by atoms with Crippen LogP contribution in [0.4, 0.5) is 13.6 Å². The summed E-state index contributed by atoms with van der Waals surface area (Å²) in [7, 11) is 0. The Labute approximate surface area is 168 Å². The molecule has 1 amide bonds. The summed E-state index contributed by atoms with van der Waals surface area (Å²) < 4.78 is 38.1. The number of hydrogen-bond acceptors (Lipinski definition) is 5. The lowest BCUT2D eigenvalue weighted by atomic mass is 9.90. The fourth-order valence-electron chi connectivity index (χ4n) is 2.99. The van der Waals surface area contributed by atoms with Gasteiger partial charge in [0.25, 0.3) is 0 Å². The van der Waals surface area contributed by atoms with Gasteiger partial charge in [0, 0.05) is 5.56 Å². The quantitative estimate of drug-likeness (QED) is 0.763. The van der Waals surface area contributed by atoms with Crippen molar-refractivity contribution in [2.45, 2.75) is 38.8 Å². The lowest BCUT2D eigenvalue weighted by Crippen LogP contribution is -2.44. The maximum atomic E-state index is 14.1. The van der Waals surface area contributed by atoms with Crippen LogP contribution < -0.4 is 5.32 Å². The van der Waals surface area contributed by atoms with Gasteiger partial charge < -0.3 is 9.47 Å². The number of amides is 1. The molecule has 8 heteroatoms. The van der Waals surface area contributed by atoms with Gasteiger partial charge in [-0.25, -0.2) is 4.79 Å². The molecule has 0 spiro atoms. The molecule has 29 heavy (non-hydrogen) atoms. The second-order valence-corrected chi connectivity index (χ2v) is 8.01. The first-order chi connectivity index (χ1) is 13.6.